The van der Waals surface area contributed by atoms with Gasteiger partial charge in [0.05, 0.1) is 5.52 Å². The molecule has 7 nitrogen and oxygen atoms in total. The molecule has 0 unspecified atom stereocenters. The zero-order valence-corrected chi connectivity index (χ0v) is 18.3. The Kier molecular flexibility index (Phi) is 5.01. The maximum Gasteiger partial charge on any atom is 0.228 e. The molecule has 0 spiro atoms. The first kappa shape index (κ1) is 19.1. The summed E-state index contributed by atoms with van der Waals surface area (Å²) in [5.74, 6) is 2.26. The van der Waals surface area contributed by atoms with Crippen molar-refractivity contribution in [3.63, 3.8) is 0 Å². The van der Waals surface area contributed by atoms with Gasteiger partial charge in [-0.25, -0.2) is 4.98 Å². The number of aromatic nitrogens is 4. The van der Waals surface area contributed by atoms with Gasteiger partial charge in [0, 0.05) is 52.7 Å². The van der Waals surface area contributed by atoms with Gasteiger partial charge < -0.3 is 15.5 Å². The van der Waals surface area contributed by atoms with Crippen molar-refractivity contribution < 1.29 is 0 Å². The average Bonchev–Trinajstić information content (AvgIpc) is 3.12. The van der Waals surface area contributed by atoms with Crippen molar-refractivity contribution in [1.82, 2.24) is 25.5 Å². The lowest BCUT2D eigenvalue weighted by molar-refractivity contribution is 0.493. The minimum absolute atomic E-state index is 0.00505. The molecule has 1 saturated heterocycles. The van der Waals surface area contributed by atoms with E-state index in [0.29, 0.717) is 6.04 Å². The van der Waals surface area contributed by atoms with E-state index in [1.54, 1.807) is 0 Å². The van der Waals surface area contributed by atoms with Crippen LogP contribution in [0.15, 0.2) is 28.7 Å². The third-order valence-electron chi connectivity index (χ3n) is 5.06. The van der Waals surface area contributed by atoms with Crippen LogP contribution in [0.5, 0.6) is 0 Å². The highest BCUT2D eigenvalue weighted by atomic mass is 79.9. The smallest absolute Gasteiger partial charge is 0.228 e. The van der Waals surface area contributed by atoms with Gasteiger partial charge in [0.2, 0.25) is 5.95 Å². The van der Waals surface area contributed by atoms with Crippen LogP contribution in [0.1, 0.15) is 33.4 Å². The number of anilines is 3. The first-order valence-electron chi connectivity index (χ1n) is 9.59. The van der Waals surface area contributed by atoms with Crippen molar-refractivity contribution in [3.05, 3.63) is 34.4 Å². The molecule has 148 valence electrons. The van der Waals surface area contributed by atoms with E-state index in [1.807, 2.05) is 24.3 Å². The summed E-state index contributed by atoms with van der Waals surface area (Å²) in [4.78, 5) is 12.0. The molecule has 1 aliphatic rings. The average molecular weight is 444 g/mol. The number of H-pyrrole nitrogens is 1. The Labute approximate surface area is 173 Å². The van der Waals surface area contributed by atoms with Gasteiger partial charge in [-0.2, -0.15) is 10.1 Å². The molecule has 0 radical (unpaired) electrons. The molecule has 1 aliphatic heterocycles. The largest absolute Gasteiger partial charge is 0.335 e. The number of para-hydroxylation sites is 1. The Hall–Kier alpha value is -2.19. The summed E-state index contributed by atoms with van der Waals surface area (Å²) in [6, 6.07) is 8.42. The molecule has 0 bridgehead atoms. The fourth-order valence-electron chi connectivity index (χ4n) is 3.36. The second-order valence-electron chi connectivity index (χ2n) is 8.30. The zero-order valence-electron chi connectivity index (χ0n) is 16.7. The minimum atomic E-state index is 0.00505. The van der Waals surface area contributed by atoms with E-state index in [1.165, 1.54) is 0 Å². The number of benzene rings is 1. The number of halogens is 1. The van der Waals surface area contributed by atoms with Crippen molar-refractivity contribution in [1.29, 1.82) is 0 Å². The Bertz CT molecular complexity index is 992. The monoisotopic (exact) mass is 443 g/mol. The first-order valence-corrected chi connectivity index (χ1v) is 10.4. The minimum Gasteiger partial charge on any atom is -0.335 e. The van der Waals surface area contributed by atoms with Crippen molar-refractivity contribution in [2.45, 2.75) is 39.2 Å². The molecule has 1 atom stereocenters. The normalized spacial score (nSPS) is 17.9. The summed E-state index contributed by atoms with van der Waals surface area (Å²) in [6.45, 7) is 11.4. The fraction of sp³-hybridized carbons (Fsp3) is 0.450. The lowest BCUT2D eigenvalue weighted by atomic mass is 9.92. The Balaban J connectivity index is 1.78. The number of piperazine rings is 1. The highest BCUT2D eigenvalue weighted by Crippen LogP contribution is 2.32. The van der Waals surface area contributed by atoms with E-state index in [2.05, 4.69) is 69.4 Å². The molecule has 1 fully saturated rings. The highest BCUT2D eigenvalue weighted by molar-refractivity contribution is 9.10. The second-order valence-corrected chi connectivity index (χ2v) is 9.15. The van der Waals surface area contributed by atoms with Crippen LogP contribution in [0.25, 0.3) is 10.9 Å². The van der Waals surface area contributed by atoms with E-state index in [0.717, 1.165) is 58.3 Å². The van der Waals surface area contributed by atoms with Gasteiger partial charge in [0.1, 0.15) is 5.82 Å². The molecular weight excluding hydrogens is 418 g/mol. The molecule has 0 saturated carbocycles. The van der Waals surface area contributed by atoms with Crippen molar-refractivity contribution in [2.75, 3.05) is 29.9 Å². The summed E-state index contributed by atoms with van der Waals surface area (Å²) < 4.78 is 0.955. The maximum absolute atomic E-state index is 4.88. The standard InChI is InChI=1S/C20H26BrN7/c1-12-11-22-8-9-28(12)19-24-17-13(6-5-7-14(17)21)18(25-19)23-16-10-15(26-27-16)20(2,3)4/h5-7,10,12,22H,8-9,11H2,1-4H3,(H2,23,24,25,26,27)/t12-/m1/s1. The molecule has 3 aromatic rings. The summed E-state index contributed by atoms with van der Waals surface area (Å²) >= 11 is 3.65. The number of nitrogens with zero attached hydrogens (tertiary/aromatic N) is 4. The van der Waals surface area contributed by atoms with E-state index in [9.17, 15) is 0 Å². The number of nitrogens with one attached hydrogen (secondary N) is 3. The van der Waals surface area contributed by atoms with Crippen LogP contribution < -0.4 is 15.5 Å². The molecule has 2 aromatic heterocycles. The lowest BCUT2D eigenvalue weighted by Gasteiger charge is -2.34. The van der Waals surface area contributed by atoms with Crippen molar-refractivity contribution in [2.24, 2.45) is 0 Å². The molecule has 3 N–H and O–H groups in total. The van der Waals surface area contributed by atoms with Crippen LogP contribution in [0.3, 0.4) is 0 Å². The van der Waals surface area contributed by atoms with E-state index in [-0.39, 0.29) is 5.41 Å². The van der Waals surface area contributed by atoms with Gasteiger partial charge in [0.15, 0.2) is 5.82 Å². The molecular formula is C20H26BrN7. The zero-order chi connectivity index (χ0) is 19.9. The molecule has 3 heterocycles. The van der Waals surface area contributed by atoms with Crippen LogP contribution in [0.4, 0.5) is 17.6 Å². The molecule has 0 amide bonds. The topological polar surface area (TPSA) is 81.8 Å². The van der Waals surface area contributed by atoms with E-state index in [4.69, 9.17) is 9.97 Å². The SMILES string of the molecule is C[C@@H]1CNCCN1c1nc(Nc2cc(C(C)(C)C)[nH]n2)c2cccc(Br)c2n1. The summed E-state index contributed by atoms with van der Waals surface area (Å²) in [5.41, 5.74) is 1.98. The van der Waals surface area contributed by atoms with Crippen LogP contribution >= 0.6 is 15.9 Å². The van der Waals surface area contributed by atoms with Gasteiger partial charge in [-0.05, 0) is 35.0 Å². The van der Waals surface area contributed by atoms with Gasteiger partial charge in [-0.3, -0.25) is 5.10 Å². The predicted molar refractivity (Wildman–Crippen MR) is 117 cm³/mol. The number of hydrogen-bond acceptors (Lipinski definition) is 6. The lowest BCUT2D eigenvalue weighted by Crippen LogP contribution is -2.50. The van der Waals surface area contributed by atoms with Gasteiger partial charge in [-0.15, -0.1) is 0 Å². The van der Waals surface area contributed by atoms with Crippen molar-refractivity contribution in [3.8, 4) is 0 Å². The first-order chi connectivity index (χ1) is 13.3. The quantitative estimate of drug-likeness (QED) is 0.568. The second kappa shape index (κ2) is 7.33. The summed E-state index contributed by atoms with van der Waals surface area (Å²) in [7, 11) is 0. The van der Waals surface area contributed by atoms with Gasteiger partial charge in [-0.1, -0.05) is 26.8 Å². The number of aromatic amines is 1. The Morgan fingerprint density at radius 2 is 2.07 bits per heavy atom. The summed E-state index contributed by atoms with van der Waals surface area (Å²) in [5, 5.41) is 15.3. The van der Waals surface area contributed by atoms with Gasteiger partial charge >= 0.3 is 0 Å². The maximum atomic E-state index is 4.88. The molecule has 0 aliphatic carbocycles. The molecule has 4 rings (SSSR count). The van der Waals surface area contributed by atoms with E-state index >= 15 is 0 Å². The predicted octanol–water partition coefficient (Wildman–Crippen LogP) is 3.95. The third kappa shape index (κ3) is 3.71. The highest BCUT2D eigenvalue weighted by Gasteiger charge is 2.23. The number of hydrogen-bond donors (Lipinski definition) is 3. The molecule has 1 aromatic carbocycles. The van der Waals surface area contributed by atoms with Crippen LogP contribution in [-0.2, 0) is 5.41 Å². The van der Waals surface area contributed by atoms with E-state index < -0.39 is 0 Å². The fourth-order valence-corrected chi connectivity index (χ4v) is 3.81. The van der Waals surface area contributed by atoms with Crippen molar-refractivity contribution >= 4 is 44.4 Å². The van der Waals surface area contributed by atoms with Crippen LogP contribution in [0.2, 0.25) is 0 Å². The Morgan fingerprint density at radius 1 is 1.25 bits per heavy atom. The number of rotatable bonds is 3. The number of fused-ring (bicyclic) bond motifs is 1. The molecule has 8 heteroatoms. The Morgan fingerprint density at radius 3 is 2.79 bits per heavy atom. The summed E-state index contributed by atoms with van der Waals surface area (Å²) in [6.07, 6.45) is 0. The molecule has 28 heavy (non-hydrogen) atoms. The van der Waals surface area contributed by atoms with Crippen LogP contribution in [0, 0.1) is 0 Å². The third-order valence-corrected chi connectivity index (χ3v) is 5.70. The van der Waals surface area contributed by atoms with Crippen LogP contribution in [-0.4, -0.2) is 45.8 Å². The van der Waals surface area contributed by atoms with Gasteiger partial charge in [0.25, 0.3) is 0 Å².